The van der Waals surface area contributed by atoms with Gasteiger partial charge in [0.05, 0.1) is 0 Å². The predicted molar refractivity (Wildman–Crippen MR) is 51.1 cm³/mol. The first-order chi connectivity index (χ1) is 5.35. The van der Waals surface area contributed by atoms with Crippen LogP contribution in [0.3, 0.4) is 0 Å². The first-order valence-corrected chi connectivity index (χ1v) is 5.86. The van der Waals surface area contributed by atoms with E-state index in [0.29, 0.717) is 4.75 Å². The van der Waals surface area contributed by atoms with Gasteiger partial charge in [-0.1, -0.05) is 6.42 Å². The lowest BCUT2D eigenvalue weighted by Crippen LogP contribution is -2.43. The van der Waals surface area contributed by atoms with Gasteiger partial charge in [-0.15, -0.1) is 0 Å². The van der Waals surface area contributed by atoms with E-state index in [1.807, 2.05) is 0 Å². The van der Waals surface area contributed by atoms with E-state index in [4.69, 9.17) is 0 Å². The first kappa shape index (κ1) is 7.93. The molecule has 0 heterocycles. The van der Waals surface area contributed by atoms with E-state index in [1.54, 1.807) is 0 Å². The Kier molecular flexibility index (Phi) is 2.15. The summed E-state index contributed by atoms with van der Waals surface area (Å²) in [5, 5.41) is 3.63. The lowest BCUT2D eigenvalue weighted by Gasteiger charge is -2.40. The van der Waals surface area contributed by atoms with Gasteiger partial charge in [-0.3, -0.25) is 0 Å². The third-order valence-electron chi connectivity index (χ3n) is 2.99. The predicted octanol–water partition coefficient (Wildman–Crippen LogP) is 2.02. The molecule has 0 aromatic carbocycles. The Bertz CT molecular complexity index is 133. The van der Waals surface area contributed by atoms with Gasteiger partial charge in [0, 0.05) is 17.3 Å². The number of hydrogen-bond donors (Lipinski definition) is 1. The molecule has 64 valence electrons. The smallest absolute Gasteiger partial charge is 0.0281 e. The normalized spacial score (nSPS) is 28.1. The molecule has 2 rings (SSSR count). The van der Waals surface area contributed by atoms with Gasteiger partial charge in [-0.05, 0) is 31.9 Å². The second-order valence-electron chi connectivity index (χ2n) is 3.90. The van der Waals surface area contributed by atoms with Crippen LogP contribution in [0.1, 0.15) is 32.1 Å². The van der Waals surface area contributed by atoms with Gasteiger partial charge in [0.1, 0.15) is 0 Å². The van der Waals surface area contributed by atoms with Crippen molar-refractivity contribution in [1.29, 1.82) is 0 Å². The number of nitrogens with one attached hydrogen (secondary N) is 1. The molecule has 2 heteroatoms. The van der Waals surface area contributed by atoms with Crippen molar-refractivity contribution in [1.82, 2.24) is 5.32 Å². The summed E-state index contributed by atoms with van der Waals surface area (Å²) in [6.07, 6.45) is 9.43. The van der Waals surface area contributed by atoms with Crippen molar-refractivity contribution in [2.75, 3.05) is 12.8 Å². The van der Waals surface area contributed by atoms with Crippen LogP contribution in [0.2, 0.25) is 0 Å². The molecular formula is C9H17NS. The van der Waals surface area contributed by atoms with E-state index in [0.717, 1.165) is 6.04 Å². The van der Waals surface area contributed by atoms with Gasteiger partial charge in [0.25, 0.3) is 0 Å². The van der Waals surface area contributed by atoms with Crippen LogP contribution in [0, 0.1) is 0 Å². The van der Waals surface area contributed by atoms with Gasteiger partial charge in [-0.25, -0.2) is 0 Å². The average Bonchev–Trinajstić information content (AvgIpc) is 2.70. The monoisotopic (exact) mass is 171 g/mol. The Balaban J connectivity index is 1.72. The van der Waals surface area contributed by atoms with Crippen LogP contribution in [-0.4, -0.2) is 23.6 Å². The zero-order valence-electron chi connectivity index (χ0n) is 7.23. The van der Waals surface area contributed by atoms with Crippen LogP contribution in [0.25, 0.3) is 0 Å². The molecule has 0 radical (unpaired) electrons. The molecule has 2 aliphatic carbocycles. The summed E-state index contributed by atoms with van der Waals surface area (Å²) in [4.78, 5) is 0. The Labute approximate surface area is 73.3 Å². The zero-order valence-corrected chi connectivity index (χ0v) is 8.04. The van der Waals surface area contributed by atoms with Crippen molar-refractivity contribution in [3.8, 4) is 0 Å². The molecule has 0 aromatic heterocycles. The molecule has 0 aliphatic heterocycles. The van der Waals surface area contributed by atoms with Gasteiger partial charge >= 0.3 is 0 Å². The molecule has 0 unspecified atom stereocenters. The third kappa shape index (κ3) is 1.73. The van der Waals surface area contributed by atoms with Gasteiger partial charge in [-0.2, -0.15) is 11.8 Å². The fourth-order valence-corrected chi connectivity index (χ4v) is 2.57. The van der Waals surface area contributed by atoms with Crippen molar-refractivity contribution >= 4 is 11.8 Å². The maximum absolute atomic E-state index is 3.63. The minimum atomic E-state index is 0.641. The fraction of sp³-hybridized carbons (Fsp3) is 1.00. The second kappa shape index (κ2) is 2.98. The Morgan fingerprint density at radius 3 is 2.55 bits per heavy atom. The molecule has 1 nitrogen and oxygen atoms in total. The van der Waals surface area contributed by atoms with Crippen LogP contribution in [0.5, 0.6) is 0 Å². The summed E-state index contributed by atoms with van der Waals surface area (Å²) >= 11 is 2.07. The Hall–Kier alpha value is 0.310. The fourth-order valence-electron chi connectivity index (χ4n) is 1.64. The summed E-state index contributed by atoms with van der Waals surface area (Å²) in [7, 11) is 0. The summed E-state index contributed by atoms with van der Waals surface area (Å²) in [6, 6.07) is 0.889. The van der Waals surface area contributed by atoms with Crippen LogP contribution in [0.4, 0.5) is 0 Å². The molecular weight excluding hydrogens is 154 g/mol. The quantitative estimate of drug-likeness (QED) is 0.694. The maximum atomic E-state index is 3.63. The lowest BCUT2D eigenvalue weighted by atomic mass is 9.84. The Morgan fingerprint density at radius 1 is 1.45 bits per heavy atom. The van der Waals surface area contributed by atoms with Gasteiger partial charge < -0.3 is 5.32 Å². The van der Waals surface area contributed by atoms with Crippen molar-refractivity contribution in [2.24, 2.45) is 0 Å². The summed E-state index contributed by atoms with van der Waals surface area (Å²) in [6.45, 7) is 1.26. The number of thioether (sulfide) groups is 1. The van der Waals surface area contributed by atoms with Crippen molar-refractivity contribution in [2.45, 2.75) is 42.9 Å². The molecule has 0 bridgehead atoms. The highest BCUT2D eigenvalue weighted by Crippen LogP contribution is 2.42. The molecule has 0 spiro atoms. The summed E-state index contributed by atoms with van der Waals surface area (Å²) in [5.74, 6) is 0. The van der Waals surface area contributed by atoms with Crippen LogP contribution < -0.4 is 5.32 Å². The van der Waals surface area contributed by atoms with Crippen molar-refractivity contribution < 1.29 is 0 Å². The SMILES string of the molecule is CSC1(CNC2CC2)CCC1. The van der Waals surface area contributed by atoms with Crippen LogP contribution >= 0.6 is 11.8 Å². The molecule has 0 saturated heterocycles. The third-order valence-corrected chi connectivity index (χ3v) is 4.41. The number of rotatable bonds is 4. The average molecular weight is 171 g/mol. The highest BCUT2D eigenvalue weighted by molar-refractivity contribution is 8.00. The van der Waals surface area contributed by atoms with E-state index in [9.17, 15) is 0 Å². The molecule has 0 amide bonds. The molecule has 0 atom stereocenters. The van der Waals surface area contributed by atoms with Crippen LogP contribution in [0.15, 0.2) is 0 Å². The van der Waals surface area contributed by atoms with E-state index in [1.165, 1.54) is 38.6 Å². The maximum Gasteiger partial charge on any atom is 0.0281 e. The molecule has 1 N–H and O–H groups in total. The van der Waals surface area contributed by atoms with Crippen molar-refractivity contribution in [3.63, 3.8) is 0 Å². The second-order valence-corrected chi connectivity index (χ2v) is 5.17. The molecule has 2 saturated carbocycles. The minimum absolute atomic E-state index is 0.641. The van der Waals surface area contributed by atoms with Gasteiger partial charge in [0.15, 0.2) is 0 Å². The summed E-state index contributed by atoms with van der Waals surface area (Å²) < 4.78 is 0.641. The van der Waals surface area contributed by atoms with E-state index in [2.05, 4.69) is 23.3 Å². The minimum Gasteiger partial charge on any atom is -0.313 e. The Morgan fingerprint density at radius 2 is 2.18 bits per heavy atom. The van der Waals surface area contributed by atoms with E-state index < -0.39 is 0 Å². The first-order valence-electron chi connectivity index (χ1n) is 4.63. The molecule has 0 aromatic rings. The molecule has 2 aliphatic rings. The topological polar surface area (TPSA) is 12.0 Å². The number of hydrogen-bond acceptors (Lipinski definition) is 2. The van der Waals surface area contributed by atoms with E-state index >= 15 is 0 Å². The largest absolute Gasteiger partial charge is 0.313 e. The highest BCUT2D eigenvalue weighted by Gasteiger charge is 2.37. The summed E-state index contributed by atoms with van der Waals surface area (Å²) in [5.41, 5.74) is 0. The highest BCUT2D eigenvalue weighted by atomic mass is 32.2. The van der Waals surface area contributed by atoms with Gasteiger partial charge in [0.2, 0.25) is 0 Å². The van der Waals surface area contributed by atoms with Crippen molar-refractivity contribution in [3.05, 3.63) is 0 Å². The zero-order chi connectivity index (χ0) is 7.73. The standard InChI is InChI=1S/C9H17NS/c1-11-9(5-2-6-9)7-10-8-3-4-8/h8,10H,2-7H2,1H3. The molecule has 11 heavy (non-hydrogen) atoms. The van der Waals surface area contributed by atoms with Crippen LogP contribution in [-0.2, 0) is 0 Å². The van der Waals surface area contributed by atoms with E-state index in [-0.39, 0.29) is 0 Å². The lowest BCUT2D eigenvalue weighted by molar-refractivity contribution is 0.345. The molecule has 2 fully saturated rings.